The zero-order valence-electron chi connectivity index (χ0n) is 17.4. The summed E-state index contributed by atoms with van der Waals surface area (Å²) >= 11 is 0. The van der Waals surface area contributed by atoms with Gasteiger partial charge in [-0.3, -0.25) is 9.59 Å². The Morgan fingerprint density at radius 1 is 1.06 bits per heavy atom. The van der Waals surface area contributed by atoms with Crippen molar-refractivity contribution in [2.75, 3.05) is 26.2 Å². The van der Waals surface area contributed by atoms with Gasteiger partial charge in [-0.15, -0.1) is 0 Å². The molecule has 8 heteroatoms. The molecule has 2 amide bonds. The Morgan fingerprint density at radius 2 is 1.74 bits per heavy atom. The predicted molar refractivity (Wildman–Crippen MR) is 113 cm³/mol. The van der Waals surface area contributed by atoms with E-state index >= 15 is 0 Å². The number of likely N-dealkylation sites (tertiary alicyclic amines) is 1. The maximum atomic E-state index is 12.7. The minimum absolute atomic E-state index is 0.0425. The summed E-state index contributed by atoms with van der Waals surface area (Å²) in [5.74, 6) is 0.147. The highest BCUT2D eigenvalue weighted by Crippen LogP contribution is 2.21. The van der Waals surface area contributed by atoms with E-state index in [1.165, 1.54) is 6.07 Å². The average Bonchev–Trinajstić information content (AvgIpc) is 2.78. The minimum Gasteiger partial charge on any atom is -0.507 e. The monoisotopic (exact) mass is 426 g/mol. The highest BCUT2D eigenvalue weighted by atomic mass is 16.7. The fourth-order valence-corrected chi connectivity index (χ4v) is 3.43. The third-order valence-electron chi connectivity index (χ3n) is 5.17. The lowest BCUT2D eigenvalue weighted by atomic mass is 9.96. The van der Waals surface area contributed by atoms with Crippen LogP contribution < -0.4 is 10.1 Å². The van der Waals surface area contributed by atoms with Crippen LogP contribution in [0.4, 0.5) is 4.79 Å². The summed E-state index contributed by atoms with van der Waals surface area (Å²) < 4.78 is 9.72. The van der Waals surface area contributed by atoms with Crippen molar-refractivity contribution < 1.29 is 29.0 Å². The summed E-state index contributed by atoms with van der Waals surface area (Å²) in [7, 11) is 0. The topological polar surface area (TPSA) is 105 Å². The fourth-order valence-electron chi connectivity index (χ4n) is 3.43. The second-order valence-electron chi connectivity index (χ2n) is 7.27. The number of carbonyl (C=O) groups excluding carboxylic acids is 3. The Labute approximate surface area is 180 Å². The number of para-hydroxylation sites is 1. The SMILES string of the molecule is CCOC(=O)Oc1ccc(C(=O)N2CCC(CNC(=O)c3ccccc3O)CC2)cc1. The Kier molecular flexibility index (Phi) is 7.48. The first kappa shape index (κ1) is 22.1. The molecule has 2 N–H and O–H groups in total. The van der Waals surface area contributed by atoms with Gasteiger partial charge in [-0.2, -0.15) is 0 Å². The van der Waals surface area contributed by atoms with Crippen molar-refractivity contribution in [3.05, 3.63) is 59.7 Å². The number of benzene rings is 2. The highest BCUT2D eigenvalue weighted by Gasteiger charge is 2.24. The zero-order chi connectivity index (χ0) is 22.2. The van der Waals surface area contributed by atoms with Gasteiger partial charge in [-0.25, -0.2) is 4.79 Å². The van der Waals surface area contributed by atoms with E-state index in [1.54, 1.807) is 54.3 Å². The molecule has 0 atom stereocenters. The van der Waals surface area contributed by atoms with Crippen LogP contribution in [-0.4, -0.2) is 54.2 Å². The van der Waals surface area contributed by atoms with E-state index in [0.717, 1.165) is 12.8 Å². The number of nitrogens with zero attached hydrogens (tertiary/aromatic N) is 1. The number of phenols is 1. The van der Waals surface area contributed by atoms with Gasteiger partial charge >= 0.3 is 6.16 Å². The Balaban J connectivity index is 1.46. The van der Waals surface area contributed by atoms with E-state index in [1.807, 2.05) is 0 Å². The number of hydrogen-bond acceptors (Lipinski definition) is 6. The van der Waals surface area contributed by atoms with Crippen molar-refractivity contribution in [3.63, 3.8) is 0 Å². The molecule has 2 aromatic carbocycles. The van der Waals surface area contributed by atoms with Gasteiger partial charge in [0.2, 0.25) is 0 Å². The molecule has 1 heterocycles. The number of amides is 2. The molecule has 0 aliphatic carbocycles. The zero-order valence-corrected chi connectivity index (χ0v) is 17.4. The lowest BCUT2D eigenvalue weighted by molar-refractivity contribution is 0.0684. The number of phenolic OH excluding ortho intramolecular Hbond substituents is 1. The molecular formula is C23H26N2O6. The van der Waals surface area contributed by atoms with Gasteiger partial charge in [-0.1, -0.05) is 12.1 Å². The highest BCUT2D eigenvalue weighted by molar-refractivity contribution is 5.96. The van der Waals surface area contributed by atoms with Gasteiger partial charge in [-0.05, 0) is 62.1 Å². The lowest BCUT2D eigenvalue weighted by Crippen LogP contribution is -2.41. The van der Waals surface area contributed by atoms with Crippen molar-refractivity contribution in [1.29, 1.82) is 0 Å². The summed E-state index contributed by atoms with van der Waals surface area (Å²) in [6.45, 7) is 3.60. The largest absolute Gasteiger partial charge is 0.513 e. The van der Waals surface area contributed by atoms with E-state index in [9.17, 15) is 19.5 Å². The van der Waals surface area contributed by atoms with Crippen molar-refractivity contribution in [2.45, 2.75) is 19.8 Å². The molecule has 0 unspecified atom stereocenters. The Hall–Kier alpha value is -3.55. The van der Waals surface area contributed by atoms with Crippen LogP contribution in [0.1, 0.15) is 40.5 Å². The second kappa shape index (κ2) is 10.5. The first-order chi connectivity index (χ1) is 15.0. The number of carbonyl (C=O) groups is 3. The van der Waals surface area contributed by atoms with E-state index in [4.69, 9.17) is 9.47 Å². The quantitative estimate of drug-likeness (QED) is 0.543. The van der Waals surface area contributed by atoms with Crippen LogP contribution in [-0.2, 0) is 4.74 Å². The summed E-state index contributed by atoms with van der Waals surface area (Å²) in [4.78, 5) is 38.1. The molecule has 0 saturated carbocycles. The molecule has 31 heavy (non-hydrogen) atoms. The number of aromatic hydroxyl groups is 1. The summed E-state index contributed by atoms with van der Waals surface area (Å²) in [6, 6.07) is 12.8. The molecule has 1 fully saturated rings. The third-order valence-corrected chi connectivity index (χ3v) is 5.17. The smallest absolute Gasteiger partial charge is 0.507 e. The average molecular weight is 426 g/mol. The van der Waals surface area contributed by atoms with Gasteiger partial charge in [0.25, 0.3) is 11.8 Å². The molecule has 2 aromatic rings. The number of piperidine rings is 1. The minimum atomic E-state index is -0.779. The number of ether oxygens (including phenoxy) is 2. The molecule has 3 rings (SSSR count). The van der Waals surface area contributed by atoms with Crippen LogP contribution in [0.15, 0.2) is 48.5 Å². The predicted octanol–water partition coefficient (Wildman–Crippen LogP) is 3.21. The standard InChI is InChI=1S/C23H26N2O6/c1-2-30-23(29)31-18-9-7-17(8-10-18)22(28)25-13-11-16(12-14-25)15-24-21(27)19-5-3-4-6-20(19)26/h3-10,16,26H,2,11-15H2,1H3,(H,24,27). The molecule has 1 aliphatic rings. The Morgan fingerprint density at radius 3 is 2.39 bits per heavy atom. The molecule has 0 radical (unpaired) electrons. The van der Waals surface area contributed by atoms with Gasteiger partial charge in [0, 0.05) is 25.2 Å². The van der Waals surface area contributed by atoms with Gasteiger partial charge in [0.15, 0.2) is 0 Å². The van der Waals surface area contributed by atoms with E-state index in [-0.39, 0.29) is 35.7 Å². The van der Waals surface area contributed by atoms with E-state index in [2.05, 4.69) is 5.32 Å². The van der Waals surface area contributed by atoms with Crippen LogP contribution in [0.25, 0.3) is 0 Å². The van der Waals surface area contributed by atoms with E-state index in [0.29, 0.717) is 30.9 Å². The lowest BCUT2D eigenvalue weighted by Gasteiger charge is -2.32. The first-order valence-electron chi connectivity index (χ1n) is 10.3. The van der Waals surface area contributed by atoms with E-state index < -0.39 is 6.16 Å². The van der Waals surface area contributed by atoms with Crippen LogP contribution in [0.2, 0.25) is 0 Å². The molecule has 0 spiro atoms. The van der Waals surface area contributed by atoms with Crippen molar-refractivity contribution in [1.82, 2.24) is 10.2 Å². The summed E-state index contributed by atoms with van der Waals surface area (Å²) in [5.41, 5.74) is 0.771. The van der Waals surface area contributed by atoms with Crippen LogP contribution in [0, 0.1) is 5.92 Å². The number of hydrogen-bond donors (Lipinski definition) is 2. The van der Waals surface area contributed by atoms with Crippen molar-refractivity contribution >= 4 is 18.0 Å². The molecule has 1 aliphatic heterocycles. The second-order valence-corrected chi connectivity index (χ2v) is 7.27. The van der Waals surface area contributed by atoms with Gasteiger partial charge in [0.05, 0.1) is 12.2 Å². The Bertz CT molecular complexity index is 920. The molecule has 8 nitrogen and oxygen atoms in total. The van der Waals surface area contributed by atoms with Crippen LogP contribution in [0.5, 0.6) is 11.5 Å². The van der Waals surface area contributed by atoms with Crippen molar-refractivity contribution in [3.8, 4) is 11.5 Å². The summed E-state index contributed by atoms with van der Waals surface area (Å²) in [5, 5.41) is 12.6. The molecular weight excluding hydrogens is 400 g/mol. The maximum absolute atomic E-state index is 12.7. The van der Waals surface area contributed by atoms with Crippen molar-refractivity contribution in [2.24, 2.45) is 5.92 Å². The number of rotatable bonds is 6. The summed E-state index contributed by atoms with van der Waals surface area (Å²) in [6.07, 6.45) is 0.770. The fraction of sp³-hybridized carbons (Fsp3) is 0.348. The number of nitrogens with one attached hydrogen (secondary N) is 1. The molecule has 0 aromatic heterocycles. The normalized spacial score (nSPS) is 14.0. The van der Waals surface area contributed by atoms with Crippen LogP contribution in [0.3, 0.4) is 0 Å². The van der Waals surface area contributed by atoms with Crippen LogP contribution >= 0.6 is 0 Å². The van der Waals surface area contributed by atoms with Gasteiger partial charge < -0.3 is 24.8 Å². The first-order valence-corrected chi connectivity index (χ1v) is 10.3. The molecule has 0 bridgehead atoms. The van der Waals surface area contributed by atoms with Gasteiger partial charge in [0.1, 0.15) is 11.5 Å². The molecule has 1 saturated heterocycles. The maximum Gasteiger partial charge on any atom is 0.513 e. The third kappa shape index (κ3) is 5.97. The molecule has 164 valence electrons.